The van der Waals surface area contributed by atoms with Gasteiger partial charge in [0.2, 0.25) is 0 Å². The lowest BCUT2D eigenvalue weighted by atomic mass is 9.58. The minimum Gasteiger partial charge on any atom is -0.456 e. The van der Waals surface area contributed by atoms with E-state index in [2.05, 4.69) is 4.74 Å². The summed E-state index contributed by atoms with van der Waals surface area (Å²) in [7, 11) is 0. The van der Waals surface area contributed by atoms with Gasteiger partial charge >= 0.3 is 30.0 Å². The van der Waals surface area contributed by atoms with Crippen molar-refractivity contribution in [3.63, 3.8) is 0 Å². The van der Waals surface area contributed by atoms with Gasteiger partial charge in [0.1, 0.15) is 0 Å². The summed E-state index contributed by atoms with van der Waals surface area (Å²) in [6.45, 7) is 9.20. The van der Waals surface area contributed by atoms with Crippen LogP contribution >= 0.6 is 0 Å². The Kier molecular flexibility index (Phi) is 9.05. The van der Waals surface area contributed by atoms with Crippen molar-refractivity contribution in [2.45, 2.75) is 85.7 Å². The Labute approximate surface area is 177 Å². The van der Waals surface area contributed by atoms with E-state index in [4.69, 9.17) is 4.74 Å². The molecule has 1 unspecified atom stereocenters. The maximum Gasteiger partial charge on any atom is 0.460 e. The van der Waals surface area contributed by atoms with Crippen LogP contribution in [0.5, 0.6) is 0 Å². The average Bonchev–Trinajstić information content (AvgIpc) is 2.62. The highest BCUT2D eigenvalue weighted by Crippen LogP contribution is 2.50. The highest BCUT2D eigenvalue weighted by Gasteiger charge is 2.73. The van der Waals surface area contributed by atoms with Crippen LogP contribution in [0.3, 0.4) is 0 Å². The third-order valence-electron chi connectivity index (χ3n) is 6.17. The Hall–Kier alpha value is -1.55. The Bertz CT molecular complexity index is 642. The highest BCUT2D eigenvalue weighted by atomic mass is 19.4. The zero-order chi connectivity index (χ0) is 25.1. The van der Waals surface area contributed by atoms with Crippen LogP contribution in [-0.4, -0.2) is 43.2 Å². The summed E-state index contributed by atoms with van der Waals surface area (Å²) in [4.78, 5) is 24.4. The van der Waals surface area contributed by atoms with E-state index in [-0.39, 0.29) is 5.41 Å². The standard InChI is InChI=1S/C20H31F7O4/c1-8-15(3,4)11-17(7,16(5,6)9-2)14(29)30-10-13(28)31-12-18(21,22)19(23,24)20(25,26)27/h8-12H2,1-7H3. The fraction of sp³-hybridized carbons (Fsp3) is 0.900. The molecule has 0 fully saturated rings. The predicted octanol–water partition coefficient (Wildman–Crippen LogP) is 6.17. The first-order chi connectivity index (χ1) is 13.6. The number of carbonyl (C=O) groups excluding carboxylic acids is 2. The van der Waals surface area contributed by atoms with Crippen LogP contribution in [0.2, 0.25) is 0 Å². The van der Waals surface area contributed by atoms with Crippen molar-refractivity contribution < 1.29 is 49.8 Å². The van der Waals surface area contributed by atoms with Crippen molar-refractivity contribution in [1.29, 1.82) is 0 Å². The van der Waals surface area contributed by atoms with Crippen LogP contribution in [0.4, 0.5) is 30.7 Å². The summed E-state index contributed by atoms with van der Waals surface area (Å²) in [5, 5.41) is 0. The summed E-state index contributed by atoms with van der Waals surface area (Å²) in [5.41, 5.74) is -1.98. The van der Waals surface area contributed by atoms with Crippen LogP contribution in [-0.2, 0) is 19.1 Å². The maximum atomic E-state index is 13.2. The maximum absolute atomic E-state index is 13.2. The van der Waals surface area contributed by atoms with Crippen LogP contribution < -0.4 is 0 Å². The second-order valence-electron chi connectivity index (χ2n) is 9.28. The molecular formula is C20H31F7O4. The normalized spacial score (nSPS) is 15.9. The van der Waals surface area contributed by atoms with Gasteiger partial charge < -0.3 is 9.47 Å². The minimum atomic E-state index is -6.53. The quantitative estimate of drug-likeness (QED) is 0.269. The van der Waals surface area contributed by atoms with Gasteiger partial charge in [-0.1, -0.05) is 48.0 Å². The Morgan fingerprint density at radius 1 is 0.774 bits per heavy atom. The number of carbonyl (C=O) groups is 2. The third kappa shape index (κ3) is 6.71. The number of esters is 2. The lowest BCUT2D eigenvalue weighted by Gasteiger charge is -2.45. The van der Waals surface area contributed by atoms with E-state index in [1.807, 2.05) is 41.5 Å². The molecule has 4 nitrogen and oxygen atoms in total. The SMILES string of the molecule is CCC(C)(C)CC(C)(C(=O)OCC(=O)OCC(F)(F)C(F)(F)C(F)(F)F)C(C)(C)CC. The molecule has 0 aromatic carbocycles. The molecule has 0 spiro atoms. The minimum absolute atomic E-state index is 0.286. The lowest BCUT2D eigenvalue weighted by Crippen LogP contribution is -2.54. The molecule has 0 bridgehead atoms. The molecule has 0 saturated carbocycles. The first-order valence-electron chi connectivity index (χ1n) is 9.75. The van der Waals surface area contributed by atoms with Crippen LogP contribution in [0.25, 0.3) is 0 Å². The Balaban J connectivity index is 5.26. The van der Waals surface area contributed by atoms with E-state index in [1.54, 1.807) is 6.92 Å². The second-order valence-corrected chi connectivity index (χ2v) is 9.28. The molecule has 11 heteroatoms. The number of ether oxygens (including phenoxy) is 2. The summed E-state index contributed by atoms with van der Waals surface area (Å²) < 4.78 is 97.2. The van der Waals surface area contributed by atoms with Gasteiger partial charge in [-0.2, -0.15) is 30.7 Å². The van der Waals surface area contributed by atoms with Crippen LogP contribution in [0.15, 0.2) is 0 Å². The largest absolute Gasteiger partial charge is 0.460 e. The molecule has 0 aromatic heterocycles. The lowest BCUT2D eigenvalue weighted by molar-refractivity contribution is -0.359. The number of hydrogen-bond acceptors (Lipinski definition) is 4. The number of hydrogen-bond donors (Lipinski definition) is 0. The highest BCUT2D eigenvalue weighted by molar-refractivity contribution is 5.81. The van der Waals surface area contributed by atoms with Crippen molar-refractivity contribution in [3.8, 4) is 0 Å². The molecule has 0 aliphatic carbocycles. The first kappa shape index (κ1) is 29.5. The van der Waals surface area contributed by atoms with Crippen LogP contribution in [0, 0.1) is 16.2 Å². The summed E-state index contributed by atoms with van der Waals surface area (Å²) in [6.07, 6.45) is -4.89. The summed E-state index contributed by atoms with van der Waals surface area (Å²) >= 11 is 0. The first-order valence-corrected chi connectivity index (χ1v) is 9.75. The van der Waals surface area contributed by atoms with Crippen LogP contribution in [0.1, 0.15) is 67.7 Å². The van der Waals surface area contributed by atoms with Crippen molar-refractivity contribution >= 4 is 11.9 Å². The number of rotatable bonds is 11. The van der Waals surface area contributed by atoms with Gasteiger partial charge in [0.15, 0.2) is 13.2 Å². The van der Waals surface area contributed by atoms with Crippen molar-refractivity contribution in [2.24, 2.45) is 16.2 Å². The van der Waals surface area contributed by atoms with E-state index in [1.165, 1.54) is 0 Å². The Morgan fingerprint density at radius 2 is 1.26 bits per heavy atom. The molecular weight excluding hydrogens is 437 g/mol. The molecule has 0 aliphatic rings. The molecule has 0 aliphatic heterocycles. The fourth-order valence-corrected chi connectivity index (χ4v) is 2.85. The molecule has 0 aromatic rings. The zero-order valence-electron chi connectivity index (χ0n) is 18.8. The fourth-order valence-electron chi connectivity index (χ4n) is 2.85. The molecule has 0 N–H and O–H groups in total. The smallest absolute Gasteiger partial charge is 0.456 e. The van der Waals surface area contributed by atoms with Crippen molar-refractivity contribution in [1.82, 2.24) is 0 Å². The topological polar surface area (TPSA) is 52.6 Å². The van der Waals surface area contributed by atoms with Gasteiger partial charge in [-0.05, 0) is 30.6 Å². The van der Waals surface area contributed by atoms with Gasteiger partial charge in [0, 0.05) is 0 Å². The summed E-state index contributed by atoms with van der Waals surface area (Å²) in [5.74, 6) is -14.6. The molecule has 0 radical (unpaired) electrons. The van der Waals surface area contributed by atoms with Gasteiger partial charge in [0.25, 0.3) is 0 Å². The monoisotopic (exact) mass is 468 g/mol. The molecule has 184 valence electrons. The third-order valence-corrected chi connectivity index (χ3v) is 6.17. The molecule has 0 saturated heterocycles. The number of alkyl halides is 7. The molecule has 0 rings (SSSR count). The van der Waals surface area contributed by atoms with Gasteiger partial charge in [-0.3, -0.25) is 4.79 Å². The van der Waals surface area contributed by atoms with Crippen molar-refractivity contribution in [2.75, 3.05) is 13.2 Å². The van der Waals surface area contributed by atoms with E-state index in [9.17, 15) is 40.3 Å². The molecule has 31 heavy (non-hydrogen) atoms. The van der Waals surface area contributed by atoms with E-state index >= 15 is 0 Å². The Morgan fingerprint density at radius 3 is 1.65 bits per heavy atom. The van der Waals surface area contributed by atoms with Crippen molar-refractivity contribution in [3.05, 3.63) is 0 Å². The van der Waals surface area contributed by atoms with Gasteiger partial charge in [0.05, 0.1) is 5.41 Å². The molecule has 0 heterocycles. The van der Waals surface area contributed by atoms with Gasteiger partial charge in [-0.25, -0.2) is 4.79 Å². The predicted molar refractivity (Wildman–Crippen MR) is 98.7 cm³/mol. The zero-order valence-corrected chi connectivity index (χ0v) is 18.8. The second kappa shape index (κ2) is 9.52. The molecule has 0 amide bonds. The van der Waals surface area contributed by atoms with E-state index in [0.717, 1.165) is 6.42 Å². The van der Waals surface area contributed by atoms with Gasteiger partial charge in [-0.15, -0.1) is 0 Å². The number of halogens is 7. The summed E-state index contributed by atoms with van der Waals surface area (Å²) in [6, 6.07) is 0. The molecule has 1 atom stereocenters. The van der Waals surface area contributed by atoms with E-state index in [0.29, 0.717) is 12.8 Å². The average molecular weight is 468 g/mol. The van der Waals surface area contributed by atoms with E-state index < -0.39 is 54.0 Å².